The molecule has 0 amide bonds. The molecule has 1 atom stereocenters. The maximum atomic E-state index is 5.29. The number of rotatable bonds is 4. The summed E-state index contributed by atoms with van der Waals surface area (Å²) in [7, 11) is 0. The van der Waals surface area contributed by atoms with Gasteiger partial charge in [0.25, 0.3) is 0 Å². The molecule has 1 unspecified atom stereocenters. The summed E-state index contributed by atoms with van der Waals surface area (Å²) >= 11 is 0. The minimum Gasteiger partial charge on any atom is -0.371 e. The van der Waals surface area contributed by atoms with Crippen LogP contribution in [0.15, 0.2) is 30.3 Å². The lowest BCUT2D eigenvalue weighted by molar-refractivity contribution is 0.183. The summed E-state index contributed by atoms with van der Waals surface area (Å²) in [5.41, 5.74) is 1.10. The van der Waals surface area contributed by atoms with E-state index in [1.807, 2.05) is 30.3 Å². The van der Waals surface area contributed by atoms with Gasteiger partial charge in [-0.05, 0) is 5.56 Å². The van der Waals surface area contributed by atoms with Crippen molar-refractivity contribution in [2.24, 2.45) is 0 Å². The second-order valence-corrected chi connectivity index (χ2v) is 2.82. The molecule has 1 heterocycles. The van der Waals surface area contributed by atoms with Gasteiger partial charge in [-0.1, -0.05) is 30.3 Å². The molecule has 63 valence electrons. The normalized spacial score (nSPS) is 20.8. The van der Waals surface area contributed by atoms with Crippen LogP contribution in [0, 0.1) is 6.61 Å². The lowest BCUT2D eigenvalue weighted by atomic mass is 10.2. The third-order valence-corrected chi connectivity index (χ3v) is 1.70. The van der Waals surface area contributed by atoms with E-state index in [4.69, 9.17) is 9.47 Å². The Hall–Kier alpha value is -0.860. The van der Waals surface area contributed by atoms with Gasteiger partial charge in [-0.15, -0.1) is 0 Å². The second-order valence-electron chi connectivity index (χ2n) is 2.82. The molecule has 1 radical (unpaired) electrons. The third kappa shape index (κ3) is 2.32. The Kier molecular flexibility index (Phi) is 2.39. The van der Waals surface area contributed by atoms with Gasteiger partial charge in [0.2, 0.25) is 0 Å². The molecule has 1 fully saturated rings. The second kappa shape index (κ2) is 3.70. The van der Waals surface area contributed by atoms with Crippen molar-refractivity contribution in [3.05, 3.63) is 42.5 Å². The van der Waals surface area contributed by atoms with Crippen LogP contribution in [0.25, 0.3) is 0 Å². The van der Waals surface area contributed by atoms with Crippen LogP contribution < -0.4 is 0 Å². The Labute approximate surface area is 72.1 Å². The van der Waals surface area contributed by atoms with E-state index in [2.05, 4.69) is 0 Å². The molecule has 0 aliphatic carbocycles. The summed E-state index contributed by atoms with van der Waals surface area (Å²) in [5.74, 6) is 0. The van der Waals surface area contributed by atoms with Crippen LogP contribution in [-0.2, 0) is 9.47 Å². The first-order valence-corrected chi connectivity index (χ1v) is 4.06. The first-order valence-electron chi connectivity index (χ1n) is 4.06. The van der Waals surface area contributed by atoms with Crippen LogP contribution in [0.1, 0.15) is 5.56 Å². The van der Waals surface area contributed by atoms with E-state index in [0.29, 0.717) is 12.7 Å². The van der Waals surface area contributed by atoms with Crippen LogP contribution in [-0.4, -0.2) is 19.3 Å². The number of benzene rings is 1. The van der Waals surface area contributed by atoms with Crippen molar-refractivity contribution >= 4 is 0 Å². The first kappa shape index (κ1) is 7.77. The molecule has 0 bridgehead atoms. The standard InChI is InChI=1S/C10H11O2/c1-2-4-9(5-3-1)6-11-7-10-8-12-10/h1-6,10H,7-8H2. The maximum Gasteiger partial charge on any atom is 0.113 e. The van der Waals surface area contributed by atoms with Crippen molar-refractivity contribution in [3.63, 3.8) is 0 Å². The van der Waals surface area contributed by atoms with Gasteiger partial charge in [-0.2, -0.15) is 0 Å². The highest BCUT2D eigenvalue weighted by Gasteiger charge is 2.22. The Morgan fingerprint density at radius 1 is 1.42 bits per heavy atom. The van der Waals surface area contributed by atoms with Gasteiger partial charge >= 0.3 is 0 Å². The topological polar surface area (TPSA) is 21.8 Å². The number of hydrogen-bond donors (Lipinski definition) is 0. The minimum atomic E-state index is 0.338. The molecule has 2 nitrogen and oxygen atoms in total. The van der Waals surface area contributed by atoms with Gasteiger partial charge in [0.1, 0.15) is 12.7 Å². The molecule has 12 heavy (non-hydrogen) atoms. The number of ether oxygens (including phenoxy) is 2. The number of epoxide rings is 1. The third-order valence-electron chi connectivity index (χ3n) is 1.70. The van der Waals surface area contributed by atoms with Gasteiger partial charge in [0, 0.05) is 0 Å². The fraction of sp³-hybridized carbons (Fsp3) is 0.300. The summed E-state index contributed by atoms with van der Waals surface area (Å²) in [6, 6.07) is 9.98. The zero-order valence-corrected chi connectivity index (χ0v) is 6.77. The SMILES string of the molecule is [CH](OCC1CO1)c1ccccc1. The van der Waals surface area contributed by atoms with Gasteiger partial charge in [-0.25, -0.2) is 0 Å². The van der Waals surface area contributed by atoms with Crippen LogP contribution in [0.4, 0.5) is 0 Å². The molecule has 1 aromatic carbocycles. The van der Waals surface area contributed by atoms with E-state index in [1.165, 1.54) is 0 Å². The van der Waals surface area contributed by atoms with Crippen LogP contribution in [0.5, 0.6) is 0 Å². The highest BCUT2D eigenvalue weighted by Crippen LogP contribution is 2.10. The Balaban J connectivity index is 1.72. The van der Waals surface area contributed by atoms with E-state index in [1.54, 1.807) is 6.61 Å². The van der Waals surface area contributed by atoms with Crippen molar-refractivity contribution < 1.29 is 9.47 Å². The largest absolute Gasteiger partial charge is 0.371 e. The lowest BCUT2D eigenvalue weighted by Crippen LogP contribution is -1.99. The predicted molar refractivity (Wildman–Crippen MR) is 45.5 cm³/mol. The summed E-state index contributed by atoms with van der Waals surface area (Å²) in [5, 5.41) is 0. The Bertz CT molecular complexity index is 229. The zero-order chi connectivity index (χ0) is 8.23. The van der Waals surface area contributed by atoms with E-state index >= 15 is 0 Å². The van der Waals surface area contributed by atoms with Crippen LogP contribution in [0.2, 0.25) is 0 Å². The molecule has 2 rings (SSSR count). The molecule has 0 aromatic heterocycles. The van der Waals surface area contributed by atoms with Crippen molar-refractivity contribution in [1.29, 1.82) is 0 Å². The van der Waals surface area contributed by atoms with Gasteiger partial charge < -0.3 is 9.47 Å². The average Bonchev–Trinajstić information content (AvgIpc) is 2.90. The summed E-state index contributed by atoms with van der Waals surface area (Å²) in [4.78, 5) is 0. The first-order chi connectivity index (χ1) is 5.95. The minimum absolute atomic E-state index is 0.338. The highest BCUT2D eigenvalue weighted by atomic mass is 16.6. The van der Waals surface area contributed by atoms with E-state index in [0.717, 1.165) is 12.2 Å². The molecule has 1 aliphatic heterocycles. The molecule has 1 aromatic rings. The summed E-state index contributed by atoms with van der Waals surface area (Å²) in [6.07, 6.45) is 0.338. The van der Waals surface area contributed by atoms with Crippen molar-refractivity contribution in [3.8, 4) is 0 Å². The lowest BCUT2D eigenvalue weighted by Gasteiger charge is -1.99. The quantitative estimate of drug-likeness (QED) is 0.629. The van der Waals surface area contributed by atoms with Crippen molar-refractivity contribution in [2.45, 2.75) is 6.10 Å². The fourth-order valence-corrected chi connectivity index (χ4v) is 0.948. The smallest absolute Gasteiger partial charge is 0.113 e. The van der Waals surface area contributed by atoms with Crippen molar-refractivity contribution in [1.82, 2.24) is 0 Å². The zero-order valence-electron chi connectivity index (χ0n) is 6.77. The van der Waals surface area contributed by atoms with E-state index < -0.39 is 0 Å². The molecule has 2 heteroatoms. The van der Waals surface area contributed by atoms with Crippen molar-refractivity contribution in [2.75, 3.05) is 13.2 Å². The Morgan fingerprint density at radius 3 is 2.83 bits per heavy atom. The van der Waals surface area contributed by atoms with E-state index in [9.17, 15) is 0 Å². The molecule has 1 saturated heterocycles. The predicted octanol–water partition coefficient (Wildman–Crippen LogP) is 1.61. The monoisotopic (exact) mass is 163 g/mol. The molecular formula is C10H11O2. The molecule has 0 saturated carbocycles. The van der Waals surface area contributed by atoms with Gasteiger partial charge in [-0.3, -0.25) is 0 Å². The Morgan fingerprint density at radius 2 is 2.17 bits per heavy atom. The summed E-state index contributed by atoms with van der Waals surface area (Å²) in [6.45, 7) is 3.29. The van der Waals surface area contributed by atoms with Crippen LogP contribution >= 0.6 is 0 Å². The summed E-state index contributed by atoms with van der Waals surface area (Å²) < 4.78 is 10.3. The number of hydrogen-bond acceptors (Lipinski definition) is 2. The molecule has 0 spiro atoms. The molecule has 1 aliphatic rings. The average molecular weight is 163 g/mol. The highest BCUT2D eigenvalue weighted by molar-refractivity contribution is 5.19. The molecular weight excluding hydrogens is 152 g/mol. The van der Waals surface area contributed by atoms with Gasteiger partial charge in [0.15, 0.2) is 0 Å². The molecule has 0 N–H and O–H groups in total. The van der Waals surface area contributed by atoms with E-state index in [-0.39, 0.29) is 0 Å². The maximum absolute atomic E-state index is 5.29. The van der Waals surface area contributed by atoms with Crippen LogP contribution in [0.3, 0.4) is 0 Å². The fourth-order valence-electron chi connectivity index (χ4n) is 0.948. The van der Waals surface area contributed by atoms with Gasteiger partial charge in [0.05, 0.1) is 13.2 Å².